The van der Waals surface area contributed by atoms with Crippen LogP contribution in [-0.2, 0) is 6.54 Å². The van der Waals surface area contributed by atoms with E-state index in [-0.39, 0.29) is 12.4 Å². The molecule has 1 aromatic carbocycles. The molecular weight excluding hydrogens is 298 g/mol. The number of methoxy groups -OCH3 is 1. The lowest BCUT2D eigenvalue weighted by Gasteiger charge is -2.21. The molecule has 0 amide bonds. The highest BCUT2D eigenvalue weighted by Gasteiger charge is 2.11. The third kappa shape index (κ3) is 6.05. The Hall–Kier alpha value is -0.930. The third-order valence-corrected chi connectivity index (χ3v) is 4.23. The van der Waals surface area contributed by atoms with Crippen LogP contribution in [0.5, 0.6) is 11.5 Å². The average molecular weight is 327 g/mol. The first-order valence-corrected chi connectivity index (χ1v) is 8.36. The topological polar surface area (TPSA) is 30.5 Å². The number of rotatable bonds is 6. The molecule has 0 atom stereocenters. The van der Waals surface area contributed by atoms with Crippen LogP contribution in [0.2, 0.25) is 0 Å². The molecule has 4 heteroatoms. The van der Waals surface area contributed by atoms with Crippen LogP contribution in [0, 0.1) is 0 Å². The monoisotopic (exact) mass is 326 g/mol. The van der Waals surface area contributed by atoms with Gasteiger partial charge in [0.1, 0.15) is 0 Å². The quantitative estimate of drug-likeness (QED) is 0.855. The standard InChI is InChI=1S/C18H29NO2.ClH/c1-3-21-17-12-11-15(13-18(17)20-2)14-19-16-9-7-5-4-6-8-10-16;/h11-13,16,19H,3-10,14H2,1-2H3;1H/p-1. The first kappa shape index (κ1) is 19.1. The molecule has 1 fully saturated rings. The summed E-state index contributed by atoms with van der Waals surface area (Å²) < 4.78 is 11.0. The molecule has 1 aromatic rings. The molecule has 3 nitrogen and oxygen atoms in total. The van der Waals surface area contributed by atoms with Crippen molar-refractivity contribution in [3.63, 3.8) is 0 Å². The van der Waals surface area contributed by atoms with Gasteiger partial charge in [-0.1, -0.05) is 38.2 Å². The minimum Gasteiger partial charge on any atom is -1.00 e. The smallest absolute Gasteiger partial charge is 0.161 e. The number of ether oxygens (including phenoxy) is 2. The lowest BCUT2D eigenvalue weighted by molar-refractivity contribution is -0.00000526. The van der Waals surface area contributed by atoms with Crippen molar-refractivity contribution < 1.29 is 21.9 Å². The van der Waals surface area contributed by atoms with Crippen molar-refractivity contribution in [2.24, 2.45) is 0 Å². The predicted octanol–water partition coefficient (Wildman–Crippen LogP) is 1.30. The van der Waals surface area contributed by atoms with Gasteiger partial charge in [-0.2, -0.15) is 0 Å². The fourth-order valence-corrected chi connectivity index (χ4v) is 3.02. The molecule has 2 rings (SSSR count). The molecule has 0 unspecified atom stereocenters. The van der Waals surface area contributed by atoms with E-state index < -0.39 is 0 Å². The van der Waals surface area contributed by atoms with Crippen molar-refractivity contribution in [3.05, 3.63) is 23.8 Å². The number of halogens is 1. The number of hydrogen-bond acceptors (Lipinski definition) is 3. The van der Waals surface area contributed by atoms with Crippen LogP contribution in [0.15, 0.2) is 18.2 Å². The molecule has 0 bridgehead atoms. The lowest BCUT2D eigenvalue weighted by Crippen LogP contribution is -3.00. The molecule has 0 aliphatic heterocycles. The Morgan fingerprint density at radius 1 is 1.05 bits per heavy atom. The van der Waals surface area contributed by atoms with Gasteiger partial charge in [0.15, 0.2) is 11.5 Å². The highest BCUT2D eigenvalue weighted by molar-refractivity contribution is 5.42. The lowest BCUT2D eigenvalue weighted by atomic mass is 9.96. The Bertz CT molecular complexity index is 418. The largest absolute Gasteiger partial charge is 1.00 e. The summed E-state index contributed by atoms with van der Waals surface area (Å²) in [5.41, 5.74) is 1.26. The van der Waals surface area contributed by atoms with E-state index in [1.54, 1.807) is 7.11 Å². The highest BCUT2D eigenvalue weighted by atomic mass is 35.5. The number of benzene rings is 1. The van der Waals surface area contributed by atoms with Crippen molar-refractivity contribution in [1.29, 1.82) is 0 Å². The summed E-state index contributed by atoms with van der Waals surface area (Å²) in [5, 5.41) is 3.71. The minimum absolute atomic E-state index is 0. The zero-order chi connectivity index (χ0) is 14.9. The Balaban J connectivity index is 0.00000242. The molecule has 0 heterocycles. The van der Waals surface area contributed by atoms with Crippen LogP contribution < -0.4 is 27.2 Å². The molecule has 1 N–H and O–H groups in total. The van der Waals surface area contributed by atoms with Crippen LogP contribution in [0.4, 0.5) is 0 Å². The van der Waals surface area contributed by atoms with Crippen molar-refractivity contribution in [2.45, 2.75) is 64.5 Å². The van der Waals surface area contributed by atoms with E-state index in [9.17, 15) is 0 Å². The molecular formula is C18H29ClNO2-. The van der Waals surface area contributed by atoms with Gasteiger partial charge in [-0.15, -0.1) is 0 Å². The van der Waals surface area contributed by atoms with Gasteiger partial charge in [0.2, 0.25) is 0 Å². The highest BCUT2D eigenvalue weighted by Crippen LogP contribution is 2.28. The Kier molecular flexibility index (Phi) is 9.33. The molecule has 1 aliphatic carbocycles. The number of nitrogens with one attached hydrogen (secondary N) is 1. The van der Waals surface area contributed by atoms with Gasteiger partial charge >= 0.3 is 0 Å². The fraction of sp³-hybridized carbons (Fsp3) is 0.667. The predicted molar refractivity (Wildman–Crippen MR) is 87.1 cm³/mol. The molecule has 0 spiro atoms. The van der Waals surface area contributed by atoms with Crippen LogP contribution in [0.3, 0.4) is 0 Å². The van der Waals surface area contributed by atoms with Crippen molar-refractivity contribution in [2.75, 3.05) is 13.7 Å². The SMILES string of the molecule is CCOc1ccc(CNC2CCCCCCC2)cc1OC.[Cl-]. The van der Waals surface area contributed by atoms with Gasteiger partial charge < -0.3 is 27.2 Å². The Labute approximate surface area is 141 Å². The van der Waals surface area contributed by atoms with Crippen molar-refractivity contribution >= 4 is 0 Å². The van der Waals surface area contributed by atoms with Crippen LogP contribution in [0.1, 0.15) is 57.4 Å². The van der Waals surface area contributed by atoms with E-state index in [0.29, 0.717) is 12.6 Å². The van der Waals surface area contributed by atoms with Gasteiger partial charge in [0, 0.05) is 12.6 Å². The van der Waals surface area contributed by atoms with Crippen molar-refractivity contribution in [1.82, 2.24) is 5.32 Å². The summed E-state index contributed by atoms with van der Waals surface area (Å²) in [6.45, 7) is 3.56. The summed E-state index contributed by atoms with van der Waals surface area (Å²) in [5.74, 6) is 1.66. The van der Waals surface area contributed by atoms with Gasteiger partial charge in [-0.05, 0) is 37.5 Å². The normalized spacial score (nSPS) is 16.3. The maximum absolute atomic E-state index is 5.56. The first-order valence-electron chi connectivity index (χ1n) is 8.36. The second kappa shape index (κ2) is 10.7. The molecule has 22 heavy (non-hydrogen) atoms. The van der Waals surface area contributed by atoms with Crippen LogP contribution >= 0.6 is 0 Å². The van der Waals surface area contributed by atoms with Gasteiger partial charge in [-0.3, -0.25) is 0 Å². The molecule has 1 saturated carbocycles. The summed E-state index contributed by atoms with van der Waals surface area (Å²) in [4.78, 5) is 0. The second-order valence-corrected chi connectivity index (χ2v) is 5.84. The molecule has 0 radical (unpaired) electrons. The van der Waals surface area contributed by atoms with E-state index in [1.807, 2.05) is 13.0 Å². The maximum Gasteiger partial charge on any atom is 0.161 e. The van der Waals surface area contributed by atoms with E-state index in [2.05, 4.69) is 17.4 Å². The zero-order valence-corrected chi connectivity index (χ0v) is 14.6. The molecule has 1 aliphatic rings. The summed E-state index contributed by atoms with van der Waals surface area (Å²) in [6.07, 6.45) is 9.57. The van der Waals surface area contributed by atoms with Gasteiger partial charge in [0.25, 0.3) is 0 Å². The van der Waals surface area contributed by atoms with Crippen LogP contribution in [0.25, 0.3) is 0 Å². The Morgan fingerprint density at radius 2 is 1.73 bits per heavy atom. The van der Waals surface area contributed by atoms with E-state index in [0.717, 1.165) is 18.0 Å². The molecule has 0 saturated heterocycles. The summed E-state index contributed by atoms with van der Waals surface area (Å²) in [6, 6.07) is 6.89. The van der Waals surface area contributed by atoms with E-state index in [1.165, 1.54) is 50.5 Å². The van der Waals surface area contributed by atoms with E-state index in [4.69, 9.17) is 9.47 Å². The summed E-state index contributed by atoms with van der Waals surface area (Å²) in [7, 11) is 1.70. The van der Waals surface area contributed by atoms with E-state index >= 15 is 0 Å². The number of hydrogen-bond donors (Lipinski definition) is 1. The summed E-state index contributed by atoms with van der Waals surface area (Å²) >= 11 is 0. The van der Waals surface area contributed by atoms with Gasteiger partial charge in [0.05, 0.1) is 13.7 Å². The molecule has 126 valence electrons. The molecule has 0 aromatic heterocycles. The minimum atomic E-state index is 0. The van der Waals surface area contributed by atoms with Crippen molar-refractivity contribution in [3.8, 4) is 11.5 Å². The Morgan fingerprint density at radius 3 is 2.36 bits per heavy atom. The maximum atomic E-state index is 5.56. The zero-order valence-electron chi connectivity index (χ0n) is 13.9. The van der Waals surface area contributed by atoms with Gasteiger partial charge in [-0.25, -0.2) is 0 Å². The fourth-order valence-electron chi connectivity index (χ4n) is 3.02. The third-order valence-electron chi connectivity index (χ3n) is 4.23. The first-order chi connectivity index (χ1) is 10.3. The second-order valence-electron chi connectivity index (χ2n) is 5.84. The van der Waals surface area contributed by atoms with Crippen LogP contribution in [-0.4, -0.2) is 19.8 Å². The average Bonchev–Trinajstić information content (AvgIpc) is 2.47.